The van der Waals surface area contributed by atoms with Crippen LogP contribution in [-0.4, -0.2) is 11.9 Å². The van der Waals surface area contributed by atoms with Crippen molar-refractivity contribution in [2.24, 2.45) is 23.7 Å². The minimum atomic E-state index is 0.0708. The highest BCUT2D eigenvalue weighted by molar-refractivity contribution is 9.11. The van der Waals surface area contributed by atoms with Crippen molar-refractivity contribution >= 4 is 37.8 Å². The van der Waals surface area contributed by atoms with Crippen LogP contribution in [0.2, 0.25) is 0 Å². The van der Waals surface area contributed by atoms with Crippen LogP contribution in [0.5, 0.6) is 0 Å². The second-order valence-corrected chi connectivity index (χ2v) is 8.63. The van der Waals surface area contributed by atoms with E-state index < -0.39 is 0 Å². The van der Waals surface area contributed by atoms with Gasteiger partial charge in [-0.3, -0.25) is 4.79 Å². The van der Waals surface area contributed by atoms with Crippen LogP contribution in [0.15, 0.2) is 27.1 Å². The molecule has 1 aromatic rings. The molecule has 4 rings (SSSR count). The molecule has 3 aliphatic carbocycles. The van der Waals surface area contributed by atoms with Gasteiger partial charge >= 0.3 is 0 Å². The lowest BCUT2D eigenvalue weighted by Crippen LogP contribution is -2.42. The molecule has 1 amide bonds. The second-order valence-electron chi connectivity index (χ2n) is 6.86. The Bertz CT molecular complexity index is 588. The molecule has 0 aliphatic heterocycles. The zero-order valence-corrected chi connectivity index (χ0v) is 15.0. The molecule has 3 fully saturated rings. The van der Waals surface area contributed by atoms with Crippen molar-refractivity contribution in [3.63, 3.8) is 0 Å². The monoisotopic (exact) mass is 411 g/mol. The second kappa shape index (κ2) is 5.38. The Labute approximate surface area is 142 Å². The molecule has 0 spiro atoms. The SMILES string of the molecule is O=C(NC1CC2CC1C1CCCC21)c1ccc(Br)cc1Br. The van der Waals surface area contributed by atoms with Gasteiger partial charge in [0.25, 0.3) is 5.91 Å². The van der Waals surface area contributed by atoms with Crippen molar-refractivity contribution in [2.45, 2.75) is 38.1 Å². The number of rotatable bonds is 2. The fourth-order valence-electron chi connectivity index (χ4n) is 5.15. The predicted molar refractivity (Wildman–Crippen MR) is 90.1 cm³/mol. The van der Waals surface area contributed by atoms with Crippen molar-refractivity contribution in [2.75, 3.05) is 0 Å². The van der Waals surface area contributed by atoms with Crippen LogP contribution in [0.1, 0.15) is 42.5 Å². The summed E-state index contributed by atoms with van der Waals surface area (Å²) in [6, 6.07) is 6.14. The highest BCUT2D eigenvalue weighted by atomic mass is 79.9. The standard InChI is InChI=1S/C17H19Br2NO/c18-10-4-5-13(15(19)8-10)17(21)20-16-7-9-6-14(16)12-3-1-2-11(9)12/h4-5,8-9,11-12,14,16H,1-3,6-7H2,(H,20,21). The minimum absolute atomic E-state index is 0.0708. The van der Waals surface area contributed by atoms with Gasteiger partial charge in [-0.15, -0.1) is 0 Å². The van der Waals surface area contributed by atoms with E-state index in [1.165, 1.54) is 32.1 Å². The smallest absolute Gasteiger partial charge is 0.252 e. The molecule has 0 heterocycles. The average Bonchev–Trinajstić information content (AvgIpc) is 3.09. The van der Waals surface area contributed by atoms with Crippen LogP contribution >= 0.6 is 31.9 Å². The van der Waals surface area contributed by atoms with Gasteiger partial charge in [0.1, 0.15) is 0 Å². The maximum absolute atomic E-state index is 12.5. The van der Waals surface area contributed by atoms with Gasteiger partial charge in [-0.25, -0.2) is 0 Å². The van der Waals surface area contributed by atoms with Crippen molar-refractivity contribution < 1.29 is 4.79 Å². The van der Waals surface area contributed by atoms with Gasteiger partial charge in [-0.05, 0) is 83.5 Å². The molecule has 1 aromatic carbocycles. The highest BCUT2D eigenvalue weighted by Crippen LogP contribution is 2.58. The van der Waals surface area contributed by atoms with Gasteiger partial charge in [0.15, 0.2) is 0 Å². The van der Waals surface area contributed by atoms with Crippen LogP contribution in [0.25, 0.3) is 0 Å². The summed E-state index contributed by atoms with van der Waals surface area (Å²) in [7, 11) is 0. The van der Waals surface area contributed by atoms with Crippen LogP contribution < -0.4 is 5.32 Å². The Balaban J connectivity index is 1.48. The van der Waals surface area contributed by atoms with E-state index in [-0.39, 0.29) is 5.91 Å². The van der Waals surface area contributed by atoms with Crippen LogP contribution in [-0.2, 0) is 0 Å². The number of halogens is 2. The summed E-state index contributed by atoms with van der Waals surface area (Å²) in [4.78, 5) is 12.5. The first-order chi connectivity index (χ1) is 10.1. The third-order valence-electron chi connectivity index (χ3n) is 5.92. The molecule has 5 unspecified atom stereocenters. The van der Waals surface area contributed by atoms with E-state index in [0.29, 0.717) is 6.04 Å². The quantitative estimate of drug-likeness (QED) is 0.744. The first-order valence-corrected chi connectivity index (χ1v) is 9.48. The predicted octanol–water partition coefficient (Wildman–Crippen LogP) is 4.77. The van der Waals surface area contributed by atoms with Gasteiger partial charge < -0.3 is 5.32 Å². The summed E-state index contributed by atoms with van der Waals surface area (Å²) < 4.78 is 1.84. The minimum Gasteiger partial charge on any atom is -0.349 e. The number of carbonyl (C=O) groups is 1. The summed E-state index contributed by atoms with van der Waals surface area (Å²) in [5, 5.41) is 3.32. The Morgan fingerprint density at radius 3 is 2.71 bits per heavy atom. The van der Waals surface area contributed by atoms with E-state index in [4.69, 9.17) is 0 Å². The molecule has 0 radical (unpaired) electrons. The maximum Gasteiger partial charge on any atom is 0.252 e. The number of amides is 1. The lowest BCUT2D eigenvalue weighted by molar-refractivity contribution is 0.0900. The summed E-state index contributed by atoms with van der Waals surface area (Å²) in [5.41, 5.74) is 0.740. The zero-order chi connectivity index (χ0) is 14.6. The van der Waals surface area contributed by atoms with E-state index in [1.54, 1.807) is 0 Å². The Hall–Kier alpha value is -0.350. The van der Waals surface area contributed by atoms with E-state index in [2.05, 4.69) is 37.2 Å². The molecule has 0 saturated heterocycles. The molecule has 2 nitrogen and oxygen atoms in total. The third-order valence-corrected chi connectivity index (χ3v) is 7.07. The number of fused-ring (bicyclic) bond motifs is 5. The number of hydrogen-bond donors (Lipinski definition) is 1. The molecule has 4 heteroatoms. The summed E-state index contributed by atoms with van der Waals surface area (Å²) in [6.07, 6.45) is 6.78. The Kier molecular flexibility index (Phi) is 3.65. The summed E-state index contributed by atoms with van der Waals surface area (Å²) >= 11 is 6.92. The van der Waals surface area contributed by atoms with Gasteiger partial charge in [-0.2, -0.15) is 0 Å². The number of hydrogen-bond acceptors (Lipinski definition) is 1. The molecule has 3 aliphatic rings. The summed E-state index contributed by atoms with van der Waals surface area (Å²) in [5.74, 6) is 3.55. The molecule has 112 valence electrons. The molecule has 1 N–H and O–H groups in total. The van der Waals surface area contributed by atoms with Gasteiger partial charge in [-0.1, -0.05) is 22.4 Å². The molecule has 21 heavy (non-hydrogen) atoms. The van der Waals surface area contributed by atoms with Gasteiger partial charge in [0.05, 0.1) is 5.56 Å². The zero-order valence-electron chi connectivity index (χ0n) is 11.8. The average molecular weight is 413 g/mol. The first-order valence-electron chi connectivity index (χ1n) is 7.89. The van der Waals surface area contributed by atoms with E-state index in [0.717, 1.165) is 38.2 Å². The number of nitrogens with one attached hydrogen (secondary N) is 1. The van der Waals surface area contributed by atoms with Crippen LogP contribution in [0.4, 0.5) is 0 Å². The molecule has 5 atom stereocenters. The van der Waals surface area contributed by atoms with Crippen molar-refractivity contribution in [1.29, 1.82) is 0 Å². The lowest BCUT2D eigenvalue weighted by Gasteiger charge is -2.32. The van der Waals surface area contributed by atoms with Crippen LogP contribution in [0.3, 0.4) is 0 Å². The first kappa shape index (κ1) is 14.3. The highest BCUT2D eigenvalue weighted by Gasteiger charge is 2.54. The number of carbonyl (C=O) groups excluding carboxylic acids is 1. The Morgan fingerprint density at radius 1 is 1.10 bits per heavy atom. The van der Waals surface area contributed by atoms with E-state index >= 15 is 0 Å². The normalized spacial score (nSPS) is 36.8. The fraction of sp³-hybridized carbons (Fsp3) is 0.588. The molecule has 0 aromatic heterocycles. The van der Waals surface area contributed by atoms with Crippen molar-refractivity contribution in [1.82, 2.24) is 5.32 Å². The largest absolute Gasteiger partial charge is 0.349 e. The number of benzene rings is 1. The topological polar surface area (TPSA) is 29.1 Å². The molecule has 3 saturated carbocycles. The van der Waals surface area contributed by atoms with Gasteiger partial charge in [0, 0.05) is 15.0 Å². The van der Waals surface area contributed by atoms with Gasteiger partial charge in [0.2, 0.25) is 0 Å². The summed E-state index contributed by atoms with van der Waals surface area (Å²) in [6.45, 7) is 0. The molecule has 2 bridgehead atoms. The molecular formula is C17H19Br2NO. The van der Waals surface area contributed by atoms with Crippen molar-refractivity contribution in [3.8, 4) is 0 Å². The van der Waals surface area contributed by atoms with Crippen LogP contribution in [0, 0.1) is 23.7 Å². The fourth-order valence-corrected chi connectivity index (χ4v) is 6.38. The third kappa shape index (κ3) is 2.39. The Morgan fingerprint density at radius 2 is 1.90 bits per heavy atom. The van der Waals surface area contributed by atoms with E-state index in [1.807, 2.05) is 18.2 Å². The van der Waals surface area contributed by atoms with Crippen molar-refractivity contribution in [3.05, 3.63) is 32.7 Å². The maximum atomic E-state index is 12.5. The molecular weight excluding hydrogens is 394 g/mol. The van der Waals surface area contributed by atoms with E-state index in [9.17, 15) is 4.79 Å². The lowest BCUT2D eigenvalue weighted by atomic mass is 9.79.